The number of alkyl halides is 3. The Labute approximate surface area is 261 Å². The predicted molar refractivity (Wildman–Crippen MR) is 164 cm³/mol. The molecule has 3 aromatic carbocycles. The lowest BCUT2D eigenvalue weighted by Gasteiger charge is -2.36. The van der Waals surface area contributed by atoms with Crippen LogP contribution in [0, 0.1) is 5.82 Å². The fourth-order valence-corrected chi connectivity index (χ4v) is 6.97. The zero-order chi connectivity index (χ0) is 31.3. The van der Waals surface area contributed by atoms with Crippen LogP contribution in [0.4, 0.5) is 23.2 Å². The zero-order valence-corrected chi connectivity index (χ0v) is 25.8. The van der Waals surface area contributed by atoms with E-state index in [2.05, 4.69) is 9.80 Å². The summed E-state index contributed by atoms with van der Waals surface area (Å²) in [6, 6.07) is 17.3. The molecule has 5 rings (SSSR count). The third-order valence-corrected chi connectivity index (χ3v) is 9.56. The maximum Gasteiger partial charge on any atom is 0.416 e. The van der Waals surface area contributed by atoms with Gasteiger partial charge in [-0.15, -0.1) is 23.1 Å². The zero-order valence-electron chi connectivity index (χ0n) is 24.2. The van der Waals surface area contributed by atoms with Crippen molar-refractivity contribution in [3.05, 3.63) is 94.2 Å². The molecular weight excluding hydrogens is 614 g/mol. The Balaban J connectivity index is 1.33. The van der Waals surface area contributed by atoms with Gasteiger partial charge in [0.05, 0.1) is 11.3 Å². The second-order valence-corrected chi connectivity index (χ2v) is 12.4. The molecule has 2 heterocycles. The largest absolute Gasteiger partial charge is 0.416 e. The van der Waals surface area contributed by atoms with E-state index in [1.807, 2.05) is 19.1 Å². The van der Waals surface area contributed by atoms with Crippen molar-refractivity contribution in [2.45, 2.75) is 43.6 Å². The number of nitrogens with zero attached hydrogens (tertiary/aromatic N) is 3. The van der Waals surface area contributed by atoms with Crippen LogP contribution in [0.25, 0.3) is 10.6 Å². The second kappa shape index (κ2) is 14.0. The van der Waals surface area contributed by atoms with E-state index in [4.69, 9.17) is 14.8 Å². The Bertz CT molecular complexity index is 1570. The molecule has 1 saturated heterocycles. The lowest BCUT2D eigenvalue weighted by atomic mass is 10.1. The molecule has 12 heteroatoms. The standard InChI is InChI=1S/C32H31F4N3O3S2/c1-3-22-18-27(12-13-29(22)42-41-21(2)40)43-20-30-28(37-31(44-30)23-4-6-24(7-5-23)32(34,35)36)19-38-14-16-39(17-15-38)26-10-8-25(33)9-11-26/h4-13,18H,3,14-17,19-20H2,1-2H3. The van der Waals surface area contributed by atoms with Gasteiger partial charge in [-0.2, -0.15) is 13.2 Å². The molecule has 1 fully saturated rings. The molecule has 0 atom stereocenters. The smallest absolute Gasteiger partial charge is 0.369 e. The van der Waals surface area contributed by atoms with Gasteiger partial charge in [0, 0.05) is 72.0 Å². The molecule has 1 aromatic heterocycles. The summed E-state index contributed by atoms with van der Waals surface area (Å²) in [5.74, 6) is 0.303. The summed E-state index contributed by atoms with van der Waals surface area (Å²) in [6.45, 7) is 7.02. The summed E-state index contributed by atoms with van der Waals surface area (Å²) in [5, 5.41) is 0.675. The van der Waals surface area contributed by atoms with Crippen LogP contribution in [0.1, 0.15) is 35.5 Å². The Kier molecular flexibility index (Phi) is 10.1. The van der Waals surface area contributed by atoms with Crippen molar-refractivity contribution in [2.75, 3.05) is 31.1 Å². The number of thioether (sulfide) groups is 1. The van der Waals surface area contributed by atoms with Gasteiger partial charge in [-0.3, -0.25) is 14.7 Å². The number of aromatic nitrogens is 1. The minimum absolute atomic E-state index is 0.262. The number of piperazine rings is 1. The summed E-state index contributed by atoms with van der Waals surface area (Å²) < 4.78 is 52.8. The summed E-state index contributed by atoms with van der Waals surface area (Å²) in [5.41, 5.74) is 2.73. The normalized spacial score (nSPS) is 14.1. The van der Waals surface area contributed by atoms with E-state index < -0.39 is 17.7 Å². The number of rotatable bonds is 10. The highest BCUT2D eigenvalue weighted by Gasteiger charge is 2.30. The van der Waals surface area contributed by atoms with Gasteiger partial charge >= 0.3 is 12.1 Å². The van der Waals surface area contributed by atoms with Gasteiger partial charge in [0.2, 0.25) is 0 Å². The molecule has 232 valence electrons. The summed E-state index contributed by atoms with van der Waals surface area (Å²) in [6.07, 6.45) is -3.72. The number of hydrogen-bond acceptors (Lipinski definition) is 8. The Morgan fingerprint density at radius 1 is 1.00 bits per heavy atom. The SMILES string of the molecule is CCc1cc(SCc2sc(-c3ccc(C(F)(F)F)cc3)nc2CN2CCN(c3ccc(F)cc3)CC2)ccc1OOC(C)=O. The van der Waals surface area contributed by atoms with E-state index in [0.29, 0.717) is 35.0 Å². The average Bonchev–Trinajstić information content (AvgIpc) is 3.42. The molecule has 0 amide bonds. The molecule has 0 radical (unpaired) electrons. The van der Waals surface area contributed by atoms with Crippen molar-refractivity contribution in [1.82, 2.24) is 9.88 Å². The summed E-state index contributed by atoms with van der Waals surface area (Å²) in [7, 11) is 0. The van der Waals surface area contributed by atoms with Gasteiger partial charge in [0.1, 0.15) is 10.8 Å². The number of carbonyl (C=O) groups excluding carboxylic acids is 1. The number of hydrogen-bond donors (Lipinski definition) is 0. The average molecular weight is 646 g/mol. The molecule has 0 saturated carbocycles. The topological polar surface area (TPSA) is 54.9 Å². The molecule has 0 unspecified atom stereocenters. The molecule has 1 aliphatic heterocycles. The highest BCUT2D eigenvalue weighted by Crippen LogP contribution is 2.37. The van der Waals surface area contributed by atoms with Crippen LogP contribution in [0.5, 0.6) is 5.75 Å². The molecule has 4 aromatic rings. The van der Waals surface area contributed by atoms with Gasteiger partial charge < -0.3 is 4.90 Å². The highest BCUT2D eigenvalue weighted by molar-refractivity contribution is 7.98. The van der Waals surface area contributed by atoms with Crippen molar-refractivity contribution < 1.29 is 32.1 Å². The van der Waals surface area contributed by atoms with Crippen LogP contribution in [0.3, 0.4) is 0 Å². The maximum absolute atomic E-state index is 13.4. The van der Waals surface area contributed by atoms with Crippen LogP contribution >= 0.6 is 23.1 Å². The molecule has 1 aliphatic rings. The number of benzene rings is 3. The van der Waals surface area contributed by atoms with Crippen LogP contribution in [0.2, 0.25) is 0 Å². The van der Waals surface area contributed by atoms with Crippen molar-refractivity contribution in [1.29, 1.82) is 0 Å². The molecule has 0 N–H and O–H groups in total. The van der Waals surface area contributed by atoms with E-state index in [-0.39, 0.29) is 5.82 Å². The van der Waals surface area contributed by atoms with E-state index in [0.717, 1.165) is 65.0 Å². The van der Waals surface area contributed by atoms with Crippen LogP contribution in [0.15, 0.2) is 71.6 Å². The molecule has 6 nitrogen and oxygen atoms in total. The quantitative estimate of drug-likeness (QED) is 0.0750. The Morgan fingerprint density at radius 3 is 2.34 bits per heavy atom. The summed E-state index contributed by atoms with van der Waals surface area (Å²) in [4.78, 5) is 32.5. The summed E-state index contributed by atoms with van der Waals surface area (Å²) >= 11 is 3.12. The fourth-order valence-electron chi connectivity index (χ4n) is 4.83. The number of aryl methyl sites for hydroxylation is 1. The molecule has 0 spiro atoms. The maximum atomic E-state index is 13.4. The first-order valence-electron chi connectivity index (χ1n) is 14.1. The minimum Gasteiger partial charge on any atom is -0.369 e. The van der Waals surface area contributed by atoms with E-state index in [9.17, 15) is 22.4 Å². The minimum atomic E-state index is -4.40. The van der Waals surface area contributed by atoms with E-state index >= 15 is 0 Å². The molecule has 0 aliphatic carbocycles. The van der Waals surface area contributed by atoms with Gasteiger partial charge in [0.15, 0.2) is 5.75 Å². The predicted octanol–water partition coefficient (Wildman–Crippen LogP) is 8.00. The molecule has 0 bridgehead atoms. The van der Waals surface area contributed by atoms with Crippen molar-refractivity contribution in [2.24, 2.45) is 0 Å². The van der Waals surface area contributed by atoms with Crippen molar-refractivity contribution >= 4 is 34.8 Å². The number of anilines is 1. The van der Waals surface area contributed by atoms with Gasteiger partial charge in [-0.25, -0.2) is 14.2 Å². The fraction of sp³-hybridized carbons (Fsp3) is 0.312. The number of thiazole rings is 1. The van der Waals surface area contributed by atoms with Gasteiger partial charge in [0.25, 0.3) is 0 Å². The third kappa shape index (κ3) is 8.10. The Morgan fingerprint density at radius 2 is 1.70 bits per heavy atom. The number of halogens is 4. The van der Waals surface area contributed by atoms with Crippen molar-refractivity contribution in [3.8, 4) is 16.3 Å². The van der Waals surface area contributed by atoms with Gasteiger partial charge in [-0.05, 0) is 61.0 Å². The first-order chi connectivity index (χ1) is 21.1. The molecule has 44 heavy (non-hydrogen) atoms. The molecular formula is C32H31F4N3O3S2. The van der Waals surface area contributed by atoms with Crippen LogP contribution < -0.4 is 9.79 Å². The number of carbonyl (C=O) groups is 1. The lowest BCUT2D eigenvalue weighted by molar-refractivity contribution is -0.211. The van der Waals surface area contributed by atoms with Crippen LogP contribution in [-0.2, 0) is 34.6 Å². The third-order valence-electron chi connectivity index (χ3n) is 7.21. The lowest BCUT2D eigenvalue weighted by Crippen LogP contribution is -2.46. The van der Waals surface area contributed by atoms with Crippen LogP contribution in [-0.4, -0.2) is 42.0 Å². The monoisotopic (exact) mass is 645 g/mol. The van der Waals surface area contributed by atoms with Gasteiger partial charge in [-0.1, -0.05) is 19.1 Å². The van der Waals surface area contributed by atoms with E-state index in [1.165, 1.54) is 42.5 Å². The Hall–Kier alpha value is -3.61. The van der Waals surface area contributed by atoms with E-state index in [1.54, 1.807) is 30.0 Å². The highest BCUT2D eigenvalue weighted by atomic mass is 32.2. The van der Waals surface area contributed by atoms with Crippen molar-refractivity contribution in [3.63, 3.8) is 0 Å². The first-order valence-corrected chi connectivity index (χ1v) is 15.9. The first kappa shape index (κ1) is 31.8. The second-order valence-electron chi connectivity index (χ2n) is 10.3.